The van der Waals surface area contributed by atoms with E-state index in [0.717, 1.165) is 42.8 Å². The highest BCUT2D eigenvalue weighted by atomic mass is 16.3. The van der Waals surface area contributed by atoms with Gasteiger partial charge in [0.1, 0.15) is 0 Å². The molecule has 2 heterocycles. The molecule has 24 heavy (non-hydrogen) atoms. The number of rotatable bonds is 3. The molecule has 1 aliphatic heterocycles. The lowest BCUT2D eigenvalue weighted by molar-refractivity contribution is 0.0938. The third kappa shape index (κ3) is 2.75. The van der Waals surface area contributed by atoms with Crippen molar-refractivity contribution in [3.8, 4) is 0 Å². The summed E-state index contributed by atoms with van der Waals surface area (Å²) >= 11 is 0. The molecular weight excluding hydrogens is 304 g/mol. The Balaban J connectivity index is 1.59. The molecule has 0 spiro atoms. The Morgan fingerprint density at radius 2 is 2.08 bits per heavy atom. The maximum atomic E-state index is 12.4. The number of fused-ring (bicyclic) bond motifs is 1. The Labute approximate surface area is 141 Å². The number of β-amino-alcohol motifs (C(OH)–C–C–N with tert-alkyl or cyclic N) is 1. The first-order valence-electron chi connectivity index (χ1n) is 8.82. The minimum atomic E-state index is -0.280. The number of nitrogens with one attached hydrogen (secondary N) is 1. The Hall–Kier alpha value is -2.08. The average molecular weight is 328 g/mol. The zero-order valence-corrected chi connectivity index (χ0v) is 14.0. The normalized spacial score (nSPS) is 21.8. The lowest BCUT2D eigenvalue weighted by Crippen LogP contribution is -2.32. The Bertz CT molecular complexity index is 764. The average Bonchev–Trinajstić information content (AvgIpc) is 3.28. The first kappa shape index (κ1) is 15.4. The number of aromatic nitrogens is 2. The molecule has 2 aliphatic rings. The summed E-state index contributed by atoms with van der Waals surface area (Å²) in [5.74, 6) is 0.850. The summed E-state index contributed by atoms with van der Waals surface area (Å²) in [6.07, 6.45) is 5.07. The molecular formula is C18H24N4O2. The van der Waals surface area contributed by atoms with Crippen LogP contribution in [-0.2, 0) is 7.05 Å². The number of amides is 1. The van der Waals surface area contributed by atoms with Crippen LogP contribution in [0, 0.1) is 0 Å². The van der Waals surface area contributed by atoms with E-state index < -0.39 is 0 Å². The predicted molar refractivity (Wildman–Crippen MR) is 93.3 cm³/mol. The van der Waals surface area contributed by atoms with E-state index in [9.17, 15) is 9.90 Å². The summed E-state index contributed by atoms with van der Waals surface area (Å²) in [4.78, 5) is 19.2. The molecule has 6 nitrogen and oxygen atoms in total. The maximum Gasteiger partial charge on any atom is 0.251 e. The molecule has 1 aromatic carbocycles. The van der Waals surface area contributed by atoms with Crippen LogP contribution in [0.25, 0.3) is 11.0 Å². The zero-order valence-electron chi connectivity index (χ0n) is 14.0. The summed E-state index contributed by atoms with van der Waals surface area (Å²) in [6.45, 7) is 1.43. The van der Waals surface area contributed by atoms with Gasteiger partial charge in [-0.15, -0.1) is 0 Å². The van der Waals surface area contributed by atoms with Crippen molar-refractivity contribution in [3.05, 3.63) is 23.8 Å². The van der Waals surface area contributed by atoms with E-state index in [1.807, 2.05) is 29.8 Å². The molecule has 1 unspecified atom stereocenters. The van der Waals surface area contributed by atoms with E-state index in [-0.39, 0.29) is 12.0 Å². The molecule has 2 fully saturated rings. The van der Waals surface area contributed by atoms with Crippen LogP contribution in [-0.4, -0.2) is 45.8 Å². The van der Waals surface area contributed by atoms with Gasteiger partial charge in [-0.1, -0.05) is 12.8 Å². The van der Waals surface area contributed by atoms with E-state index in [1.165, 1.54) is 12.8 Å². The lowest BCUT2D eigenvalue weighted by Gasteiger charge is -2.16. The van der Waals surface area contributed by atoms with Gasteiger partial charge in [0.25, 0.3) is 5.91 Å². The standard InChI is InChI=1S/C18H24N4O2/c1-21-16-7-6-12(17(24)19-13-4-2-3-5-13)10-15(16)20-18(21)22-9-8-14(23)11-22/h6-7,10,13-14,23H,2-5,8-9,11H2,1H3,(H,19,24). The van der Waals surface area contributed by atoms with E-state index in [4.69, 9.17) is 4.98 Å². The molecule has 2 aromatic rings. The van der Waals surface area contributed by atoms with Crippen molar-refractivity contribution in [1.29, 1.82) is 0 Å². The van der Waals surface area contributed by atoms with Gasteiger partial charge in [0.15, 0.2) is 0 Å². The maximum absolute atomic E-state index is 12.4. The lowest BCUT2D eigenvalue weighted by atomic mass is 10.1. The summed E-state index contributed by atoms with van der Waals surface area (Å²) in [7, 11) is 1.98. The summed E-state index contributed by atoms with van der Waals surface area (Å²) in [5, 5.41) is 12.9. The minimum Gasteiger partial charge on any atom is -0.391 e. The number of hydrogen-bond donors (Lipinski definition) is 2. The molecule has 1 saturated heterocycles. The molecule has 0 bridgehead atoms. The van der Waals surface area contributed by atoms with Gasteiger partial charge >= 0.3 is 0 Å². The van der Waals surface area contributed by atoms with Crippen molar-refractivity contribution in [1.82, 2.24) is 14.9 Å². The van der Waals surface area contributed by atoms with Crippen LogP contribution < -0.4 is 10.2 Å². The fourth-order valence-electron chi connectivity index (χ4n) is 3.87. The van der Waals surface area contributed by atoms with Gasteiger partial charge in [-0.3, -0.25) is 4.79 Å². The van der Waals surface area contributed by atoms with Gasteiger partial charge in [0.05, 0.1) is 17.1 Å². The summed E-state index contributed by atoms with van der Waals surface area (Å²) in [5.41, 5.74) is 2.50. The van der Waals surface area contributed by atoms with Gasteiger partial charge in [-0.25, -0.2) is 4.98 Å². The number of hydrogen-bond acceptors (Lipinski definition) is 4. The van der Waals surface area contributed by atoms with Gasteiger partial charge < -0.3 is 19.9 Å². The molecule has 6 heteroatoms. The first-order chi connectivity index (χ1) is 11.6. The van der Waals surface area contributed by atoms with E-state index in [1.54, 1.807) is 0 Å². The van der Waals surface area contributed by atoms with Crippen molar-refractivity contribution in [2.24, 2.45) is 7.05 Å². The summed E-state index contributed by atoms with van der Waals surface area (Å²) < 4.78 is 2.03. The fourth-order valence-corrected chi connectivity index (χ4v) is 3.87. The number of nitrogens with zero attached hydrogens (tertiary/aromatic N) is 3. The second-order valence-electron chi connectivity index (χ2n) is 7.02. The smallest absolute Gasteiger partial charge is 0.251 e. The van der Waals surface area contributed by atoms with Crippen LogP contribution in [0.1, 0.15) is 42.5 Å². The predicted octanol–water partition coefficient (Wildman–Crippen LogP) is 1.82. The van der Waals surface area contributed by atoms with Gasteiger partial charge in [-0.2, -0.15) is 0 Å². The molecule has 1 aromatic heterocycles. The van der Waals surface area contributed by atoms with Crippen LogP contribution in [0.15, 0.2) is 18.2 Å². The number of carbonyl (C=O) groups is 1. The zero-order chi connectivity index (χ0) is 16.7. The van der Waals surface area contributed by atoms with Crippen molar-refractivity contribution in [2.45, 2.75) is 44.2 Å². The van der Waals surface area contributed by atoms with E-state index in [0.29, 0.717) is 18.2 Å². The van der Waals surface area contributed by atoms with Gasteiger partial charge in [-0.05, 0) is 37.5 Å². The van der Waals surface area contributed by atoms with Gasteiger partial charge in [0.2, 0.25) is 5.95 Å². The highest BCUT2D eigenvalue weighted by molar-refractivity contribution is 5.97. The molecule has 1 atom stereocenters. The van der Waals surface area contributed by atoms with Crippen molar-refractivity contribution in [2.75, 3.05) is 18.0 Å². The molecule has 2 N–H and O–H groups in total. The molecule has 1 saturated carbocycles. The molecule has 4 rings (SSSR count). The Morgan fingerprint density at radius 3 is 2.79 bits per heavy atom. The fraction of sp³-hybridized carbons (Fsp3) is 0.556. The van der Waals surface area contributed by atoms with Crippen molar-refractivity contribution < 1.29 is 9.90 Å². The molecule has 1 amide bonds. The van der Waals surface area contributed by atoms with Crippen molar-refractivity contribution in [3.63, 3.8) is 0 Å². The summed E-state index contributed by atoms with van der Waals surface area (Å²) in [6, 6.07) is 6.02. The van der Waals surface area contributed by atoms with Crippen LogP contribution in [0.5, 0.6) is 0 Å². The number of aryl methyl sites for hydroxylation is 1. The van der Waals surface area contributed by atoms with E-state index >= 15 is 0 Å². The van der Waals surface area contributed by atoms with Crippen molar-refractivity contribution >= 4 is 22.9 Å². The highest BCUT2D eigenvalue weighted by Gasteiger charge is 2.25. The topological polar surface area (TPSA) is 70.4 Å². The van der Waals surface area contributed by atoms with E-state index in [2.05, 4.69) is 10.2 Å². The third-order valence-corrected chi connectivity index (χ3v) is 5.26. The molecule has 0 radical (unpaired) electrons. The number of aliphatic hydroxyl groups excluding tert-OH is 1. The van der Waals surface area contributed by atoms with Crippen LogP contribution in [0.2, 0.25) is 0 Å². The number of imidazole rings is 1. The van der Waals surface area contributed by atoms with Crippen LogP contribution in [0.4, 0.5) is 5.95 Å². The third-order valence-electron chi connectivity index (χ3n) is 5.26. The highest BCUT2D eigenvalue weighted by Crippen LogP contribution is 2.25. The monoisotopic (exact) mass is 328 g/mol. The quantitative estimate of drug-likeness (QED) is 0.902. The number of aliphatic hydroxyl groups is 1. The SMILES string of the molecule is Cn1c(N2CCC(O)C2)nc2cc(C(=O)NC3CCCC3)ccc21. The Kier molecular flexibility index (Phi) is 3.92. The minimum absolute atomic E-state index is 0.00685. The van der Waals surface area contributed by atoms with Gasteiger partial charge in [0, 0.05) is 31.7 Å². The Morgan fingerprint density at radius 1 is 1.29 bits per heavy atom. The van der Waals surface area contributed by atoms with Crippen LogP contribution in [0.3, 0.4) is 0 Å². The number of anilines is 1. The molecule has 1 aliphatic carbocycles. The second kappa shape index (κ2) is 6.09. The number of benzene rings is 1. The number of carbonyl (C=O) groups excluding carboxylic acids is 1. The largest absolute Gasteiger partial charge is 0.391 e. The molecule has 128 valence electrons. The second-order valence-corrected chi connectivity index (χ2v) is 7.02. The van der Waals surface area contributed by atoms with Crippen LogP contribution >= 0.6 is 0 Å². The first-order valence-corrected chi connectivity index (χ1v) is 8.82.